The molecule has 0 fully saturated rings. The number of hydrogen-bond donors (Lipinski definition) is 1. The van der Waals surface area contributed by atoms with Crippen LogP contribution < -0.4 is 10.5 Å². The first-order valence-electron chi connectivity index (χ1n) is 5.24. The second kappa shape index (κ2) is 5.25. The van der Waals surface area contributed by atoms with Crippen molar-refractivity contribution in [2.75, 3.05) is 13.7 Å². The number of aromatic nitrogens is 1. The molecule has 0 aliphatic rings. The van der Waals surface area contributed by atoms with Crippen LogP contribution in [0.25, 0.3) is 11.3 Å². The predicted molar refractivity (Wildman–Crippen MR) is 66.8 cm³/mol. The van der Waals surface area contributed by atoms with Crippen LogP contribution in [0.2, 0.25) is 0 Å². The highest BCUT2D eigenvalue weighted by molar-refractivity contribution is 7.06. The van der Waals surface area contributed by atoms with Crippen LogP contribution in [-0.2, 0) is 6.42 Å². The zero-order valence-electron chi connectivity index (χ0n) is 9.44. The number of nitrogens with zero attached hydrogens (tertiary/aromatic N) is 1. The smallest absolute Gasteiger partial charge is 0.128 e. The van der Waals surface area contributed by atoms with Gasteiger partial charge in [-0.25, -0.2) is 4.39 Å². The summed E-state index contributed by atoms with van der Waals surface area (Å²) in [4.78, 5) is 1.09. The number of nitrogens with two attached hydrogens (primary N) is 1. The molecule has 0 spiro atoms. The highest BCUT2D eigenvalue weighted by atomic mass is 32.1. The largest absolute Gasteiger partial charge is 0.496 e. The van der Waals surface area contributed by atoms with E-state index in [-0.39, 0.29) is 5.82 Å². The van der Waals surface area contributed by atoms with Gasteiger partial charge in [-0.1, -0.05) is 0 Å². The molecule has 90 valence electrons. The molecule has 5 heteroatoms. The van der Waals surface area contributed by atoms with Crippen molar-refractivity contribution in [3.05, 3.63) is 35.0 Å². The van der Waals surface area contributed by atoms with Crippen LogP contribution in [0.5, 0.6) is 5.75 Å². The minimum Gasteiger partial charge on any atom is -0.496 e. The minimum atomic E-state index is -0.297. The Morgan fingerprint density at radius 1 is 1.41 bits per heavy atom. The van der Waals surface area contributed by atoms with Gasteiger partial charge in [0.25, 0.3) is 0 Å². The fraction of sp³-hybridized carbons (Fsp3) is 0.250. The lowest BCUT2D eigenvalue weighted by molar-refractivity contribution is 0.415. The highest BCUT2D eigenvalue weighted by Gasteiger charge is 2.11. The summed E-state index contributed by atoms with van der Waals surface area (Å²) in [6.07, 6.45) is 0.787. The number of rotatable bonds is 4. The quantitative estimate of drug-likeness (QED) is 0.909. The Hall–Kier alpha value is -1.46. The molecule has 0 saturated carbocycles. The Morgan fingerprint density at radius 3 is 2.94 bits per heavy atom. The van der Waals surface area contributed by atoms with E-state index in [1.54, 1.807) is 13.2 Å². The summed E-state index contributed by atoms with van der Waals surface area (Å²) in [6.45, 7) is 0.585. The van der Waals surface area contributed by atoms with Crippen LogP contribution in [0, 0.1) is 5.82 Å². The lowest BCUT2D eigenvalue weighted by Gasteiger charge is -2.05. The molecule has 1 aromatic carbocycles. The maximum absolute atomic E-state index is 13.2. The first-order valence-corrected chi connectivity index (χ1v) is 6.01. The van der Waals surface area contributed by atoms with Gasteiger partial charge in [0.1, 0.15) is 11.6 Å². The fourth-order valence-corrected chi connectivity index (χ4v) is 2.32. The van der Waals surface area contributed by atoms with E-state index >= 15 is 0 Å². The third-order valence-corrected chi connectivity index (χ3v) is 3.23. The third kappa shape index (κ3) is 2.62. The van der Waals surface area contributed by atoms with Crippen LogP contribution in [0.15, 0.2) is 24.3 Å². The van der Waals surface area contributed by atoms with Crippen molar-refractivity contribution < 1.29 is 9.13 Å². The van der Waals surface area contributed by atoms with Gasteiger partial charge < -0.3 is 10.5 Å². The zero-order chi connectivity index (χ0) is 12.3. The molecule has 0 aliphatic heterocycles. The van der Waals surface area contributed by atoms with Gasteiger partial charge in [-0.05, 0) is 48.8 Å². The minimum absolute atomic E-state index is 0.297. The second-order valence-electron chi connectivity index (χ2n) is 3.56. The first kappa shape index (κ1) is 12.0. The van der Waals surface area contributed by atoms with Gasteiger partial charge in [0, 0.05) is 10.4 Å². The van der Waals surface area contributed by atoms with Crippen molar-refractivity contribution in [2.45, 2.75) is 6.42 Å². The summed E-state index contributed by atoms with van der Waals surface area (Å²) in [7, 11) is 1.56. The van der Waals surface area contributed by atoms with Crippen molar-refractivity contribution in [2.24, 2.45) is 5.73 Å². The van der Waals surface area contributed by atoms with E-state index in [1.165, 1.54) is 23.7 Å². The molecule has 0 aliphatic carbocycles. The molecule has 0 atom stereocenters. The number of halogens is 1. The van der Waals surface area contributed by atoms with E-state index in [0.29, 0.717) is 17.9 Å². The number of ether oxygens (including phenoxy) is 1. The van der Waals surface area contributed by atoms with E-state index in [1.807, 2.05) is 6.07 Å². The molecule has 1 heterocycles. The maximum Gasteiger partial charge on any atom is 0.128 e. The van der Waals surface area contributed by atoms with Gasteiger partial charge in [-0.3, -0.25) is 0 Å². The first-order chi connectivity index (χ1) is 8.24. The normalized spacial score (nSPS) is 10.5. The lowest BCUT2D eigenvalue weighted by Crippen LogP contribution is -2.00. The van der Waals surface area contributed by atoms with Crippen molar-refractivity contribution in [1.29, 1.82) is 0 Å². The van der Waals surface area contributed by atoms with E-state index in [4.69, 9.17) is 10.5 Å². The van der Waals surface area contributed by atoms with E-state index in [2.05, 4.69) is 4.37 Å². The van der Waals surface area contributed by atoms with Crippen molar-refractivity contribution in [3.63, 3.8) is 0 Å². The summed E-state index contributed by atoms with van der Waals surface area (Å²) < 4.78 is 22.7. The molecule has 0 amide bonds. The molecule has 0 radical (unpaired) electrons. The van der Waals surface area contributed by atoms with Crippen molar-refractivity contribution >= 4 is 11.5 Å². The standard InChI is InChI=1S/C12H13FN2OS/c1-16-12-3-2-8(13)6-10(12)11-7-9(4-5-14)17-15-11/h2-3,6-7H,4-5,14H2,1H3. The average molecular weight is 252 g/mol. The van der Waals surface area contributed by atoms with Crippen LogP contribution in [0.4, 0.5) is 4.39 Å². The fourth-order valence-electron chi connectivity index (χ4n) is 1.58. The molecular formula is C12H13FN2OS. The van der Waals surface area contributed by atoms with Crippen LogP contribution >= 0.6 is 11.5 Å². The Kier molecular flexibility index (Phi) is 3.71. The molecular weight excluding hydrogens is 239 g/mol. The molecule has 0 unspecified atom stereocenters. The van der Waals surface area contributed by atoms with E-state index < -0.39 is 0 Å². The van der Waals surface area contributed by atoms with E-state index in [0.717, 1.165) is 17.0 Å². The summed E-state index contributed by atoms with van der Waals surface area (Å²) in [5.41, 5.74) is 6.89. The average Bonchev–Trinajstić information content (AvgIpc) is 2.78. The van der Waals surface area contributed by atoms with Gasteiger partial charge in [0.2, 0.25) is 0 Å². The zero-order valence-corrected chi connectivity index (χ0v) is 10.3. The highest BCUT2D eigenvalue weighted by Crippen LogP contribution is 2.31. The molecule has 2 N–H and O–H groups in total. The van der Waals surface area contributed by atoms with Crippen LogP contribution in [0.1, 0.15) is 4.88 Å². The summed E-state index contributed by atoms with van der Waals surface area (Å²) >= 11 is 1.39. The van der Waals surface area contributed by atoms with Crippen molar-refractivity contribution in [3.8, 4) is 17.0 Å². The van der Waals surface area contributed by atoms with Crippen molar-refractivity contribution in [1.82, 2.24) is 4.37 Å². The molecule has 2 rings (SSSR count). The Bertz CT molecular complexity index is 513. The Balaban J connectivity index is 2.40. The summed E-state index contributed by atoms with van der Waals surface area (Å²) in [6, 6.07) is 6.33. The maximum atomic E-state index is 13.2. The molecule has 3 nitrogen and oxygen atoms in total. The molecule has 0 bridgehead atoms. The second-order valence-corrected chi connectivity index (χ2v) is 4.45. The number of hydrogen-bond acceptors (Lipinski definition) is 4. The molecule has 0 saturated heterocycles. The monoisotopic (exact) mass is 252 g/mol. The predicted octanol–water partition coefficient (Wildman–Crippen LogP) is 2.46. The van der Waals surface area contributed by atoms with Crippen LogP contribution in [0.3, 0.4) is 0 Å². The molecule has 1 aromatic heterocycles. The Labute approximate surface area is 103 Å². The van der Waals surface area contributed by atoms with Gasteiger partial charge in [-0.2, -0.15) is 4.37 Å². The molecule has 2 aromatic rings. The van der Waals surface area contributed by atoms with Gasteiger partial charge >= 0.3 is 0 Å². The Morgan fingerprint density at radius 2 is 2.24 bits per heavy atom. The van der Waals surface area contributed by atoms with Crippen LogP contribution in [-0.4, -0.2) is 18.0 Å². The number of benzene rings is 1. The van der Waals surface area contributed by atoms with Gasteiger partial charge in [-0.15, -0.1) is 0 Å². The molecule has 17 heavy (non-hydrogen) atoms. The van der Waals surface area contributed by atoms with Gasteiger partial charge in [0.05, 0.1) is 12.8 Å². The summed E-state index contributed by atoms with van der Waals surface area (Å²) in [5, 5.41) is 0. The SMILES string of the molecule is COc1ccc(F)cc1-c1cc(CCN)sn1. The lowest BCUT2D eigenvalue weighted by atomic mass is 10.1. The van der Waals surface area contributed by atoms with Gasteiger partial charge in [0.15, 0.2) is 0 Å². The summed E-state index contributed by atoms with van der Waals surface area (Å²) in [5.74, 6) is 0.324. The third-order valence-electron chi connectivity index (χ3n) is 2.39. The number of methoxy groups -OCH3 is 1. The topological polar surface area (TPSA) is 48.1 Å². The van der Waals surface area contributed by atoms with E-state index in [9.17, 15) is 4.39 Å².